The standard InChI is InChI=1S/C53H55NO14/c1-30-38(66-49(60)44(67-50(61)64-28-32-18-10-6-11-19-32)42(33-20-12-7-13-21-33)54-47(58)34-22-14-8-15-23-34)27-53(62)46(68-48(59)35-24-16-9-17-25-35)41-36-29-63-37(36)26-39(56)52(41,5)45(57)43(65-31(2)55)40(30)51(53,3)4/h6-25,36-39,41-44,46,56,62H,26-29H2,1-5H3,(H,54,58)/t36?,37?,38-,39-,41?,42-,43+,44+,46-,52?,53+/m0/s1. The van der Waals surface area contributed by atoms with Crippen LogP contribution in [-0.4, -0.2) is 94.8 Å². The summed E-state index contributed by atoms with van der Waals surface area (Å²) in [6.07, 6.45) is -10.4. The van der Waals surface area contributed by atoms with Gasteiger partial charge in [-0.2, -0.15) is 0 Å². The van der Waals surface area contributed by atoms with Gasteiger partial charge < -0.3 is 44.0 Å². The van der Waals surface area contributed by atoms with E-state index >= 15 is 9.59 Å². The molecular formula is C53H55NO14. The third kappa shape index (κ3) is 8.81. The fourth-order valence-corrected chi connectivity index (χ4v) is 10.7. The summed E-state index contributed by atoms with van der Waals surface area (Å²) in [5.41, 5.74) is -3.98. The van der Waals surface area contributed by atoms with Crippen molar-refractivity contribution in [3.8, 4) is 0 Å². The van der Waals surface area contributed by atoms with Gasteiger partial charge in [0.15, 0.2) is 11.9 Å². The lowest BCUT2D eigenvalue weighted by atomic mass is 9.46. The van der Waals surface area contributed by atoms with Crippen LogP contribution in [0.4, 0.5) is 4.79 Å². The Hall–Kier alpha value is -6.68. The summed E-state index contributed by atoms with van der Waals surface area (Å²) in [7, 11) is 0. The van der Waals surface area contributed by atoms with Gasteiger partial charge in [0.2, 0.25) is 6.10 Å². The van der Waals surface area contributed by atoms with Crippen molar-refractivity contribution < 1.29 is 67.4 Å². The van der Waals surface area contributed by atoms with Crippen LogP contribution in [0.5, 0.6) is 0 Å². The third-order valence-electron chi connectivity index (χ3n) is 14.5. The van der Waals surface area contributed by atoms with Crippen LogP contribution in [0.3, 0.4) is 0 Å². The van der Waals surface area contributed by atoms with E-state index < -0.39 is 113 Å². The smallest absolute Gasteiger partial charge is 0.455 e. The lowest BCUT2D eigenvalue weighted by molar-refractivity contribution is -0.277. The Bertz CT molecular complexity index is 2570. The molecule has 1 amide bonds. The molecule has 0 aromatic heterocycles. The molecule has 11 atom stereocenters. The number of carbonyl (C=O) groups excluding carboxylic acids is 6. The lowest BCUT2D eigenvalue weighted by Gasteiger charge is -2.64. The second kappa shape index (κ2) is 19.1. The first-order chi connectivity index (χ1) is 32.4. The number of benzene rings is 4. The van der Waals surface area contributed by atoms with Crippen molar-refractivity contribution in [2.24, 2.45) is 22.7 Å². The number of ether oxygens (including phenoxy) is 6. The average molecular weight is 930 g/mol. The van der Waals surface area contributed by atoms with Crippen LogP contribution >= 0.6 is 0 Å². The molecule has 2 bridgehead atoms. The van der Waals surface area contributed by atoms with Gasteiger partial charge in [-0.05, 0) is 60.4 Å². The number of esters is 3. The molecule has 1 aliphatic heterocycles. The fraction of sp³-hybridized carbons (Fsp3) is 0.396. The quantitative estimate of drug-likeness (QED) is 0.0797. The normalized spacial score (nSPS) is 28.9. The van der Waals surface area contributed by atoms with E-state index in [-0.39, 0.29) is 41.9 Å². The number of hydrogen-bond acceptors (Lipinski definition) is 14. The number of Topliss-reactive ketones (excluding diaryl/α,β-unsaturated/α-hetero) is 1. The highest BCUT2D eigenvalue weighted by Crippen LogP contribution is 2.62. The minimum absolute atomic E-state index is 0.0498. The minimum atomic E-state index is -2.25. The predicted octanol–water partition coefficient (Wildman–Crippen LogP) is 6.41. The Morgan fingerprint density at radius 1 is 0.809 bits per heavy atom. The van der Waals surface area contributed by atoms with Gasteiger partial charge in [0.25, 0.3) is 5.91 Å². The molecule has 3 aliphatic carbocycles. The number of aliphatic hydroxyl groups excluding tert-OH is 1. The van der Waals surface area contributed by atoms with Crippen LogP contribution in [0.1, 0.15) is 85.3 Å². The zero-order valence-corrected chi connectivity index (χ0v) is 38.4. The van der Waals surface area contributed by atoms with Crippen LogP contribution in [0.25, 0.3) is 0 Å². The number of aliphatic hydroxyl groups is 2. The van der Waals surface area contributed by atoms with Gasteiger partial charge in [-0.1, -0.05) is 111 Å². The Kier molecular flexibility index (Phi) is 13.5. The van der Waals surface area contributed by atoms with Gasteiger partial charge in [-0.3, -0.25) is 14.4 Å². The minimum Gasteiger partial charge on any atom is -0.455 e. The molecule has 0 radical (unpaired) electrons. The summed E-state index contributed by atoms with van der Waals surface area (Å²) in [6.45, 7) is 7.38. The molecular weight excluding hydrogens is 875 g/mol. The maximum absolute atomic E-state index is 15.5. The van der Waals surface area contributed by atoms with Gasteiger partial charge in [-0.15, -0.1) is 0 Å². The van der Waals surface area contributed by atoms with Crippen LogP contribution in [0, 0.1) is 22.7 Å². The van der Waals surface area contributed by atoms with Crippen LogP contribution in [0.15, 0.2) is 132 Å². The molecule has 68 heavy (non-hydrogen) atoms. The molecule has 4 aromatic carbocycles. The first kappa shape index (κ1) is 47.8. The van der Waals surface area contributed by atoms with E-state index in [1.807, 2.05) is 0 Å². The Morgan fingerprint density at radius 2 is 1.40 bits per heavy atom. The van der Waals surface area contributed by atoms with Crippen molar-refractivity contribution in [3.05, 3.63) is 155 Å². The van der Waals surface area contributed by atoms with Gasteiger partial charge in [0.1, 0.15) is 30.5 Å². The summed E-state index contributed by atoms with van der Waals surface area (Å²) in [4.78, 5) is 85.5. The molecule has 4 aromatic rings. The number of hydrogen-bond donors (Lipinski definition) is 3. The summed E-state index contributed by atoms with van der Waals surface area (Å²) < 4.78 is 36.0. The molecule has 15 heteroatoms. The molecule has 4 unspecified atom stereocenters. The van der Waals surface area contributed by atoms with Crippen LogP contribution in [0.2, 0.25) is 0 Å². The van der Waals surface area contributed by atoms with Crippen molar-refractivity contribution in [2.75, 3.05) is 6.61 Å². The number of amides is 1. The van der Waals surface area contributed by atoms with E-state index in [0.29, 0.717) is 11.1 Å². The molecule has 356 valence electrons. The maximum Gasteiger partial charge on any atom is 0.509 e. The monoisotopic (exact) mass is 929 g/mol. The molecule has 1 heterocycles. The molecule has 0 spiro atoms. The van der Waals surface area contributed by atoms with Crippen molar-refractivity contribution in [3.63, 3.8) is 0 Å². The lowest BCUT2D eigenvalue weighted by Crippen LogP contribution is -2.75. The molecule has 3 N–H and O–H groups in total. The molecule has 8 rings (SSSR count). The summed E-state index contributed by atoms with van der Waals surface area (Å²) in [5.74, 6) is -5.81. The third-order valence-corrected chi connectivity index (χ3v) is 14.5. The van der Waals surface area contributed by atoms with Gasteiger partial charge in [-0.25, -0.2) is 14.4 Å². The first-order valence-corrected chi connectivity index (χ1v) is 22.6. The second-order valence-corrected chi connectivity index (χ2v) is 18.7. The Labute approximate surface area is 393 Å². The average Bonchev–Trinajstić information content (AvgIpc) is 3.32. The number of fused-ring (bicyclic) bond motifs is 5. The summed E-state index contributed by atoms with van der Waals surface area (Å²) in [6, 6.07) is 32.0. The zero-order valence-electron chi connectivity index (χ0n) is 38.4. The van der Waals surface area contributed by atoms with Crippen molar-refractivity contribution in [1.82, 2.24) is 5.32 Å². The first-order valence-electron chi connectivity index (χ1n) is 22.6. The number of rotatable bonds is 12. The second-order valence-electron chi connectivity index (χ2n) is 18.7. The van der Waals surface area contributed by atoms with E-state index in [1.165, 1.54) is 19.1 Å². The molecule has 2 saturated carbocycles. The predicted molar refractivity (Wildman–Crippen MR) is 242 cm³/mol. The van der Waals surface area contributed by atoms with E-state index in [2.05, 4.69) is 5.32 Å². The van der Waals surface area contributed by atoms with Crippen molar-refractivity contribution in [1.29, 1.82) is 0 Å². The Balaban J connectivity index is 1.25. The van der Waals surface area contributed by atoms with Gasteiger partial charge >= 0.3 is 24.1 Å². The molecule has 3 fully saturated rings. The van der Waals surface area contributed by atoms with Crippen molar-refractivity contribution >= 4 is 35.8 Å². The molecule has 15 nitrogen and oxygen atoms in total. The van der Waals surface area contributed by atoms with E-state index in [1.54, 1.807) is 130 Å². The molecule has 1 saturated heterocycles. The summed E-state index contributed by atoms with van der Waals surface area (Å²) in [5, 5.41) is 28.6. The van der Waals surface area contributed by atoms with Crippen LogP contribution < -0.4 is 5.32 Å². The van der Waals surface area contributed by atoms with Gasteiger partial charge in [0, 0.05) is 42.6 Å². The fourth-order valence-electron chi connectivity index (χ4n) is 10.7. The largest absolute Gasteiger partial charge is 0.509 e. The Morgan fingerprint density at radius 3 is 1.99 bits per heavy atom. The van der Waals surface area contributed by atoms with Crippen LogP contribution in [-0.2, 0) is 49.4 Å². The van der Waals surface area contributed by atoms with E-state index in [9.17, 15) is 29.4 Å². The highest BCUT2D eigenvalue weighted by atomic mass is 16.7. The zero-order chi connectivity index (χ0) is 48.5. The maximum atomic E-state index is 15.5. The van der Waals surface area contributed by atoms with E-state index in [4.69, 9.17) is 28.4 Å². The summed E-state index contributed by atoms with van der Waals surface area (Å²) >= 11 is 0. The highest BCUT2D eigenvalue weighted by molar-refractivity contribution is 5.96. The topological polar surface area (TPSA) is 210 Å². The number of carbonyl (C=O) groups is 6. The van der Waals surface area contributed by atoms with Gasteiger partial charge in [0.05, 0.1) is 29.8 Å². The SMILES string of the molecule is CC(=O)O[C@H]1C(=O)C2(C)C(C3COC3C[C@@H]2O)[C@H](OC(=O)c2ccccc2)[C@]2(O)C[C@H](OC(=O)[C@H](OC(=O)OCc3ccccc3)[C@@H](NC(=O)c3ccccc3)c3ccccc3)C(C)=C1C2(C)C. The molecule has 4 aliphatic rings. The number of nitrogens with one attached hydrogen (secondary N) is 1. The van der Waals surface area contributed by atoms with E-state index in [0.717, 1.165) is 6.92 Å². The number of ketones is 1. The highest BCUT2D eigenvalue weighted by Gasteiger charge is 2.73. The van der Waals surface area contributed by atoms with Crippen molar-refractivity contribution in [2.45, 2.75) is 102 Å².